The number of nitrogens with one attached hydrogen (secondary N) is 3. The van der Waals surface area contributed by atoms with Gasteiger partial charge in [-0.25, -0.2) is 4.98 Å². The average Bonchev–Trinajstić information content (AvgIpc) is 3.11. The van der Waals surface area contributed by atoms with E-state index in [1.807, 2.05) is 30.5 Å². The summed E-state index contributed by atoms with van der Waals surface area (Å²) in [6, 6.07) is 7.62. The fraction of sp³-hybridized carbons (Fsp3) is 0.0714. The van der Waals surface area contributed by atoms with Crippen molar-refractivity contribution in [3.05, 3.63) is 54.9 Å². The highest BCUT2D eigenvalue weighted by molar-refractivity contribution is 5.92. The molecule has 0 fully saturated rings. The van der Waals surface area contributed by atoms with Gasteiger partial charge in [-0.05, 0) is 17.7 Å². The maximum Gasteiger partial charge on any atom is 0.231 e. The van der Waals surface area contributed by atoms with Crippen LogP contribution in [0.1, 0.15) is 5.82 Å². The fourth-order valence-corrected chi connectivity index (χ4v) is 1.94. The number of H-pyrrole nitrogens is 2. The Morgan fingerprint density at radius 2 is 2.25 bits per heavy atom. The first-order valence-corrected chi connectivity index (χ1v) is 6.18. The molecule has 0 bridgehead atoms. The minimum absolute atomic E-state index is 0.107. The molecule has 6 nitrogen and oxygen atoms in total. The number of benzene rings is 1. The molecule has 0 unspecified atom stereocenters. The van der Waals surface area contributed by atoms with Crippen LogP contribution in [0.5, 0.6) is 0 Å². The third-order valence-corrected chi connectivity index (χ3v) is 2.86. The molecule has 3 aromatic rings. The highest BCUT2D eigenvalue weighted by Crippen LogP contribution is 2.21. The molecule has 0 aliphatic heterocycles. The minimum atomic E-state index is -0.107. The summed E-state index contributed by atoms with van der Waals surface area (Å²) < 4.78 is 0. The number of nitrogens with zero attached hydrogens (tertiary/aromatic N) is 2. The van der Waals surface area contributed by atoms with Gasteiger partial charge in [-0.1, -0.05) is 12.1 Å². The van der Waals surface area contributed by atoms with Crippen LogP contribution in [0, 0.1) is 0 Å². The average molecular weight is 267 g/mol. The molecule has 1 amide bonds. The van der Waals surface area contributed by atoms with E-state index in [0.29, 0.717) is 5.82 Å². The molecule has 0 saturated heterocycles. The van der Waals surface area contributed by atoms with E-state index in [1.54, 1.807) is 18.6 Å². The number of aromatic nitrogens is 4. The van der Waals surface area contributed by atoms with Gasteiger partial charge in [-0.15, -0.1) is 0 Å². The van der Waals surface area contributed by atoms with Crippen molar-refractivity contribution in [3.63, 3.8) is 0 Å². The first kappa shape index (κ1) is 12.2. The molecule has 20 heavy (non-hydrogen) atoms. The van der Waals surface area contributed by atoms with E-state index in [2.05, 4.69) is 25.5 Å². The van der Waals surface area contributed by atoms with Gasteiger partial charge in [0.1, 0.15) is 5.82 Å². The smallest absolute Gasteiger partial charge is 0.231 e. The largest absolute Gasteiger partial charge is 0.348 e. The van der Waals surface area contributed by atoms with Crippen LogP contribution in [0.25, 0.3) is 11.1 Å². The monoisotopic (exact) mass is 267 g/mol. The van der Waals surface area contributed by atoms with E-state index >= 15 is 0 Å². The van der Waals surface area contributed by atoms with Gasteiger partial charge >= 0.3 is 0 Å². The molecule has 0 atom stereocenters. The Balaban J connectivity index is 1.71. The number of hydrogen-bond acceptors (Lipinski definition) is 3. The SMILES string of the molecule is O=C(Cc1ncc[nH]1)Nc1cccc(-c2cn[nH]c2)c1. The zero-order valence-corrected chi connectivity index (χ0v) is 10.6. The van der Waals surface area contributed by atoms with Gasteiger partial charge < -0.3 is 10.3 Å². The van der Waals surface area contributed by atoms with Gasteiger partial charge in [0.05, 0.1) is 12.6 Å². The molecule has 3 rings (SSSR count). The first-order chi connectivity index (χ1) is 9.81. The van der Waals surface area contributed by atoms with Crippen molar-refractivity contribution in [1.29, 1.82) is 0 Å². The fourth-order valence-electron chi connectivity index (χ4n) is 1.94. The lowest BCUT2D eigenvalue weighted by molar-refractivity contribution is -0.115. The number of aromatic amines is 2. The van der Waals surface area contributed by atoms with Crippen molar-refractivity contribution in [1.82, 2.24) is 20.2 Å². The van der Waals surface area contributed by atoms with Gasteiger partial charge in [0.15, 0.2) is 0 Å². The predicted molar refractivity (Wildman–Crippen MR) is 74.9 cm³/mol. The zero-order valence-electron chi connectivity index (χ0n) is 10.6. The highest BCUT2D eigenvalue weighted by Gasteiger charge is 2.06. The highest BCUT2D eigenvalue weighted by atomic mass is 16.1. The van der Waals surface area contributed by atoms with Gasteiger partial charge in [0.2, 0.25) is 5.91 Å². The topological polar surface area (TPSA) is 86.5 Å². The maximum absolute atomic E-state index is 11.9. The molecule has 0 aliphatic carbocycles. The molecule has 100 valence electrons. The molecule has 2 heterocycles. The van der Waals surface area contributed by atoms with Crippen LogP contribution < -0.4 is 5.32 Å². The molecule has 6 heteroatoms. The summed E-state index contributed by atoms with van der Waals surface area (Å²) in [6.07, 6.45) is 7.10. The standard InChI is InChI=1S/C14H13N5O/c20-14(7-13-15-4-5-16-13)19-12-3-1-2-10(6-12)11-8-17-18-9-11/h1-6,8-9H,7H2,(H,15,16)(H,17,18)(H,19,20). The Bertz CT molecular complexity index is 688. The quantitative estimate of drug-likeness (QED) is 0.675. The predicted octanol–water partition coefficient (Wildman–Crippen LogP) is 1.98. The van der Waals surface area contributed by atoms with Crippen LogP contribution in [0.4, 0.5) is 5.69 Å². The van der Waals surface area contributed by atoms with E-state index < -0.39 is 0 Å². The number of amides is 1. The lowest BCUT2D eigenvalue weighted by Crippen LogP contribution is -2.15. The molecule has 0 radical (unpaired) electrons. The van der Waals surface area contributed by atoms with Crippen molar-refractivity contribution in [2.75, 3.05) is 5.32 Å². The summed E-state index contributed by atoms with van der Waals surface area (Å²) in [5.74, 6) is 0.540. The second-order valence-corrected chi connectivity index (χ2v) is 4.33. The van der Waals surface area contributed by atoms with Crippen molar-refractivity contribution in [3.8, 4) is 11.1 Å². The molecule has 2 aromatic heterocycles. The second-order valence-electron chi connectivity index (χ2n) is 4.33. The molecule has 1 aromatic carbocycles. The number of anilines is 1. The first-order valence-electron chi connectivity index (χ1n) is 6.18. The van der Waals surface area contributed by atoms with E-state index in [4.69, 9.17) is 0 Å². The third-order valence-electron chi connectivity index (χ3n) is 2.86. The Hall–Kier alpha value is -2.89. The molecule has 0 spiro atoms. The lowest BCUT2D eigenvalue weighted by atomic mass is 10.1. The summed E-state index contributed by atoms with van der Waals surface area (Å²) in [5, 5.41) is 9.54. The summed E-state index contributed by atoms with van der Waals surface area (Å²) >= 11 is 0. The van der Waals surface area contributed by atoms with Crippen molar-refractivity contribution < 1.29 is 4.79 Å². The normalized spacial score (nSPS) is 10.4. The van der Waals surface area contributed by atoms with Crippen LogP contribution in [0.3, 0.4) is 0 Å². The number of carbonyl (C=O) groups is 1. The Morgan fingerprint density at radius 3 is 3.00 bits per heavy atom. The van der Waals surface area contributed by atoms with Crippen LogP contribution >= 0.6 is 0 Å². The molecular formula is C14H13N5O. The summed E-state index contributed by atoms with van der Waals surface area (Å²) in [7, 11) is 0. The van der Waals surface area contributed by atoms with Crippen molar-refractivity contribution in [2.45, 2.75) is 6.42 Å². The van der Waals surface area contributed by atoms with Crippen LogP contribution in [-0.4, -0.2) is 26.1 Å². The van der Waals surface area contributed by atoms with E-state index in [0.717, 1.165) is 16.8 Å². The van der Waals surface area contributed by atoms with Gasteiger partial charge in [0.25, 0.3) is 0 Å². The molecule has 0 saturated carbocycles. The third kappa shape index (κ3) is 2.74. The van der Waals surface area contributed by atoms with E-state index in [-0.39, 0.29) is 12.3 Å². The van der Waals surface area contributed by atoms with Crippen LogP contribution in [-0.2, 0) is 11.2 Å². The van der Waals surface area contributed by atoms with E-state index in [1.165, 1.54) is 0 Å². The molecule has 0 aliphatic rings. The van der Waals surface area contributed by atoms with Crippen LogP contribution in [0.2, 0.25) is 0 Å². The van der Waals surface area contributed by atoms with Gasteiger partial charge in [0, 0.05) is 29.8 Å². The summed E-state index contributed by atoms with van der Waals surface area (Å²) in [5.41, 5.74) is 2.72. The summed E-state index contributed by atoms with van der Waals surface area (Å²) in [6.45, 7) is 0. The van der Waals surface area contributed by atoms with Crippen molar-refractivity contribution in [2.24, 2.45) is 0 Å². The van der Waals surface area contributed by atoms with Crippen LogP contribution in [0.15, 0.2) is 49.1 Å². The number of imidazole rings is 1. The lowest BCUT2D eigenvalue weighted by Gasteiger charge is -2.06. The van der Waals surface area contributed by atoms with Crippen molar-refractivity contribution >= 4 is 11.6 Å². The minimum Gasteiger partial charge on any atom is -0.348 e. The Morgan fingerprint density at radius 1 is 1.30 bits per heavy atom. The van der Waals surface area contributed by atoms with Gasteiger partial charge in [-0.2, -0.15) is 5.10 Å². The molecule has 3 N–H and O–H groups in total. The number of rotatable bonds is 4. The summed E-state index contributed by atoms with van der Waals surface area (Å²) in [4.78, 5) is 18.8. The zero-order chi connectivity index (χ0) is 13.8. The Kier molecular flexibility index (Phi) is 3.28. The van der Waals surface area contributed by atoms with Gasteiger partial charge in [-0.3, -0.25) is 9.89 Å². The second kappa shape index (κ2) is 5.40. The maximum atomic E-state index is 11.9. The number of carbonyl (C=O) groups excluding carboxylic acids is 1. The van der Waals surface area contributed by atoms with E-state index in [9.17, 15) is 4.79 Å². The number of hydrogen-bond donors (Lipinski definition) is 3. The molecular weight excluding hydrogens is 254 g/mol. The Labute approximate surface area is 115 Å².